The predicted octanol–water partition coefficient (Wildman–Crippen LogP) is 2.00. The molecule has 5 nitrogen and oxygen atoms in total. The van der Waals surface area contributed by atoms with Crippen molar-refractivity contribution >= 4 is 0 Å². The van der Waals surface area contributed by atoms with Crippen LogP contribution in [0.4, 0.5) is 0 Å². The summed E-state index contributed by atoms with van der Waals surface area (Å²) in [6.45, 7) is 4.31. The molecule has 0 aromatic carbocycles. The molecule has 1 saturated carbocycles. The highest BCUT2D eigenvalue weighted by Crippen LogP contribution is 2.46. The van der Waals surface area contributed by atoms with Crippen molar-refractivity contribution < 1.29 is 14.4 Å². The zero-order valence-electron chi connectivity index (χ0n) is 10.7. The lowest BCUT2D eigenvalue weighted by molar-refractivity contribution is -0.0740. The van der Waals surface area contributed by atoms with Crippen LogP contribution in [-0.2, 0) is 16.9 Å². The summed E-state index contributed by atoms with van der Waals surface area (Å²) in [6, 6.07) is 0. The van der Waals surface area contributed by atoms with E-state index >= 15 is 0 Å². The number of aliphatic hydroxyl groups is 1. The van der Waals surface area contributed by atoms with Crippen LogP contribution >= 0.6 is 0 Å². The molecule has 1 aromatic heterocycles. The average molecular weight is 240 g/mol. The molecule has 0 saturated heterocycles. The quantitative estimate of drug-likeness (QED) is 0.875. The van der Waals surface area contributed by atoms with Crippen molar-refractivity contribution in [1.29, 1.82) is 0 Å². The van der Waals surface area contributed by atoms with Crippen molar-refractivity contribution in [2.24, 2.45) is 5.41 Å². The fourth-order valence-electron chi connectivity index (χ4n) is 2.35. The number of hydrogen-bond donors (Lipinski definition) is 1. The van der Waals surface area contributed by atoms with Gasteiger partial charge in [0.2, 0.25) is 5.82 Å². The molecule has 2 rings (SSSR count). The van der Waals surface area contributed by atoms with Crippen LogP contribution in [-0.4, -0.2) is 22.4 Å². The summed E-state index contributed by atoms with van der Waals surface area (Å²) in [4.78, 5) is 4.19. The maximum absolute atomic E-state index is 8.95. The fourth-order valence-corrected chi connectivity index (χ4v) is 2.35. The van der Waals surface area contributed by atoms with E-state index in [0.29, 0.717) is 11.2 Å². The van der Waals surface area contributed by atoms with Gasteiger partial charge in [0.1, 0.15) is 12.2 Å². The van der Waals surface area contributed by atoms with Crippen LogP contribution in [0.3, 0.4) is 0 Å². The maximum atomic E-state index is 8.95. The Kier molecular flexibility index (Phi) is 3.23. The summed E-state index contributed by atoms with van der Waals surface area (Å²) in [6.07, 6.45) is 3.93. The van der Waals surface area contributed by atoms with Gasteiger partial charge in [0.05, 0.1) is 0 Å². The molecule has 1 fully saturated rings. The molecule has 1 heterocycles. The molecular formula is C12H20N2O3. The van der Waals surface area contributed by atoms with E-state index < -0.39 is 5.60 Å². The molecule has 1 aromatic rings. The Bertz CT molecular complexity index is 377. The molecule has 0 spiro atoms. The van der Waals surface area contributed by atoms with Gasteiger partial charge in [-0.15, -0.1) is 0 Å². The SMILES string of the molecule is COC1(c2noc(CO)n2)CCC(C)(C)CC1. The second-order valence-electron chi connectivity index (χ2n) is 5.53. The zero-order chi connectivity index (χ0) is 12.5. The molecule has 1 aliphatic rings. The van der Waals surface area contributed by atoms with Crippen LogP contribution in [0.25, 0.3) is 0 Å². The first kappa shape index (κ1) is 12.5. The smallest absolute Gasteiger partial charge is 0.252 e. The van der Waals surface area contributed by atoms with Crippen molar-refractivity contribution in [2.45, 2.75) is 51.7 Å². The topological polar surface area (TPSA) is 68.4 Å². The van der Waals surface area contributed by atoms with Crippen molar-refractivity contribution in [1.82, 2.24) is 10.1 Å². The molecule has 0 radical (unpaired) electrons. The lowest BCUT2D eigenvalue weighted by atomic mass is 9.70. The first-order valence-corrected chi connectivity index (χ1v) is 6.00. The first-order chi connectivity index (χ1) is 8.01. The van der Waals surface area contributed by atoms with Gasteiger partial charge >= 0.3 is 0 Å². The third-order valence-electron chi connectivity index (χ3n) is 3.81. The molecule has 96 valence electrons. The summed E-state index contributed by atoms with van der Waals surface area (Å²) < 4.78 is 10.6. The Morgan fingerprint density at radius 1 is 1.29 bits per heavy atom. The molecule has 1 aliphatic carbocycles. The van der Waals surface area contributed by atoms with Gasteiger partial charge in [-0.1, -0.05) is 19.0 Å². The second-order valence-corrected chi connectivity index (χ2v) is 5.53. The number of nitrogens with zero attached hydrogens (tertiary/aromatic N) is 2. The number of aliphatic hydroxyl groups excluding tert-OH is 1. The molecule has 17 heavy (non-hydrogen) atoms. The summed E-state index contributed by atoms with van der Waals surface area (Å²) in [5, 5.41) is 12.9. The minimum Gasteiger partial charge on any atom is -0.387 e. The van der Waals surface area contributed by atoms with Gasteiger partial charge in [-0.05, 0) is 31.1 Å². The van der Waals surface area contributed by atoms with E-state index in [9.17, 15) is 0 Å². The van der Waals surface area contributed by atoms with Gasteiger partial charge in [0.15, 0.2) is 0 Å². The average Bonchev–Trinajstić information content (AvgIpc) is 2.79. The van der Waals surface area contributed by atoms with Crippen LogP contribution in [0.5, 0.6) is 0 Å². The highest BCUT2D eigenvalue weighted by molar-refractivity contribution is 5.04. The van der Waals surface area contributed by atoms with Gasteiger partial charge in [-0.25, -0.2) is 0 Å². The Hall–Kier alpha value is -0.940. The summed E-state index contributed by atoms with van der Waals surface area (Å²) in [7, 11) is 1.69. The lowest BCUT2D eigenvalue weighted by Crippen LogP contribution is -2.37. The van der Waals surface area contributed by atoms with E-state index in [1.807, 2.05) is 0 Å². The Morgan fingerprint density at radius 3 is 2.41 bits per heavy atom. The molecule has 1 N–H and O–H groups in total. The largest absolute Gasteiger partial charge is 0.387 e. The standard InChI is InChI=1S/C12H20N2O3/c1-11(2)4-6-12(16-3,7-5-11)10-13-9(8-15)17-14-10/h15H,4-8H2,1-3H3. The molecule has 0 aliphatic heterocycles. The Morgan fingerprint density at radius 2 is 1.94 bits per heavy atom. The second kappa shape index (κ2) is 4.38. The van der Waals surface area contributed by atoms with Crippen molar-refractivity contribution in [3.63, 3.8) is 0 Å². The van der Waals surface area contributed by atoms with Crippen molar-refractivity contribution in [2.75, 3.05) is 7.11 Å². The molecule has 0 amide bonds. The number of hydrogen-bond acceptors (Lipinski definition) is 5. The predicted molar refractivity (Wildman–Crippen MR) is 61.2 cm³/mol. The van der Waals surface area contributed by atoms with Gasteiger partial charge in [0, 0.05) is 7.11 Å². The lowest BCUT2D eigenvalue weighted by Gasteiger charge is -2.40. The van der Waals surface area contributed by atoms with E-state index in [1.54, 1.807) is 7.11 Å². The van der Waals surface area contributed by atoms with E-state index in [0.717, 1.165) is 25.7 Å². The number of rotatable bonds is 3. The number of ether oxygens (including phenoxy) is 1. The van der Waals surface area contributed by atoms with Gasteiger partial charge in [-0.2, -0.15) is 4.98 Å². The summed E-state index contributed by atoms with van der Waals surface area (Å²) >= 11 is 0. The van der Waals surface area contributed by atoms with E-state index in [4.69, 9.17) is 14.4 Å². The minimum absolute atomic E-state index is 0.224. The number of aromatic nitrogens is 2. The summed E-state index contributed by atoms with van der Waals surface area (Å²) in [5.41, 5.74) is -0.0853. The zero-order valence-corrected chi connectivity index (χ0v) is 10.7. The van der Waals surface area contributed by atoms with Crippen molar-refractivity contribution in [3.05, 3.63) is 11.7 Å². The minimum atomic E-state index is -0.438. The van der Waals surface area contributed by atoms with E-state index in [1.165, 1.54) is 0 Å². The van der Waals surface area contributed by atoms with E-state index in [2.05, 4.69) is 24.0 Å². The molecule has 5 heteroatoms. The van der Waals surface area contributed by atoms with Gasteiger partial charge < -0.3 is 14.4 Å². The molecule has 0 bridgehead atoms. The van der Waals surface area contributed by atoms with Crippen molar-refractivity contribution in [3.8, 4) is 0 Å². The monoisotopic (exact) mass is 240 g/mol. The third-order valence-corrected chi connectivity index (χ3v) is 3.81. The first-order valence-electron chi connectivity index (χ1n) is 6.00. The van der Waals surface area contributed by atoms with Gasteiger partial charge in [-0.3, -0.25) is 0 Å². The van der Waals surface area contributed by atoms with E-state index in [-0.39, 0.29) is 12.5 Å². The van der Waals surface area contributed by atoms with Crippen LogP contribution in [0, 0.1) is 5.41 Å². The summed E-state index contributed by atoms with van der Waals surface area (Å²) in [5.74, 6) is 0.820. The maximum Gasteiger partial charge on any atom is 0.252 e. The Balaban J connectivity index is 2.21. The van der Waals surface area contributed by atoms with Crippen LogP contribution in [0.15, 0.2) is 4.52 Å². The fraction of sp³-hybridized carbons (Fsp3) is 0.833. The van der Waals surface area contributed by atoms with Crippen LogP contribution < -0.4 is 0 Å². The van der Waals surface area contributed by atoms with Gasteiger partial charge in [0.25, 0.3) is 5.89 Å². The highest BCUT2D eigenvalue weighted by Gasteiger charge is 2.43. The highest BCUT2D eigenvalue weighted by atomic mass is 16.5. The number of methoxy groups -OCH3 is 1. The molecular weight excluding hydrogens is 220 g/mol. The normalized spacial score (nSPS) is 22.6. The molecule has 0 atom stereocenters. The Labute approximate surface area is 101 Å². The van der Waals surface area contributed by atoms with Crippen LogP contribution in [0.1, 0.15) is 51.2 Å². The third kappa shape index (κ3) is 2.35. The van der Waals surface area contributed by atoms with Crippen LogP contribution in [0.2, 0.25) is 0 Å². The molecule has 0 unspecified atom stereocenters.